The van der Waals surface area contributed by atoms with Gasteiger partial charge in [-0.15, -0.1) is 11.3 Å². The van der Waals surface area contributed by atoms with Crippen molar-refractivity contribution in [1.82, 2.24) is 15.3 Å². The van der Waals surface area contributed by atoms with Crippen molar-refractivity contribution in [3.63, 3.8) is 0 Å². The molecule has 2 aromatic heterocycles. The third kappa shape index (κ3) is 4.38. The lowest BCUT2D eigenvalue weighted by Gasteiger charge is -2.21. The maximum absolute atomic E-state index is 12.4. The minimum Gasteiger partial charge on any atom is -0.383 e. The number of carbonyl (C=O) groups is 1. The zero-order valence-corrected chi connectivity index (χ0v) is 13.9. The lowest BCUT2D eigenvalue weighted by atomic mass is 10.0. The largest absolute Gasteiger partial charge is 0.383 e. The second-order valence-electron chi connectivity index (χ2n) is 5.47. The van der Waals surface area contributed by atoms with Gasteiger partial charge in [-0.1, -0.05) is 13.8 Å². The van der Waals surface area contributed by atoms with Crippen LogP contribution in [0.5, 0.6) is 0 Å². The summed E-state index contributed by atoms with van der Waals surface area (Å²) in [5, 5.41) is 9.08. The topological polar surface area (TPSA) is 76.1 Å². The third-order valence-electron chi connectivity index (χ3n) is 3.20. The second-order valence-corrected chi connectivity index (χ2v) is 6.37. The van der Waals surface area contributed by atoms with Gasteiger partial charge in [0, 0.05) is 13.7 Å². The van der Waals surface area contributed by atoms with Crippen molar-refractivity contribution in [2.24, 2.45) is 5.92 Å². The number of nitrogens with zero attached hydrogens (tertiary/aromatic N) is 2. The van der Waals surface area contributed by atoms with Gasteiger partial charge in [0.1, 0.15) is 23.0 Å². The summed E-state index contributed by atoms with van der Waals surface area (Å²) in [5.74, 6) is 1.07. The number of methoxy groups -OCH3 is 1. The van der Waals surface area contributed by atoms with E-state index in [0.717, 1.165) is 16.6 Å². The van der Waals surface area contributed by atoms with Crippen molar-refractivity contribution in [1.29, 1.82) is 0 Å². The van der Waals surface area contributed by atoms with Gasteiger partial charge in [0.2, 0.25) is 5.91 Å². The van der Waals surface area contributed by atoms with Gasteiger partial charge in [-0.2, -0.15) is 0 Å². The Morgan fingerprint density at radius 1 is 1.41 bits per heavy atom. The number of amides is 1. The fraction of sp³-hybridized carbons (Fsp3) is 0.533. The molecule has 2 aromatic rings. The van der Waals surface area contributed by atoms with E-state index in [4.69, 9.17) is 4.74 Å². The quantitative estimate of drug-likeness (QED) is 0.729. The highest BCUT2D eigenvalue weighted by Gasteiger charge is 2.21. The molecular formula is C15H22N4O2S. The summed E-state index contributed by atoms with van der Waals surface area (Å²) in [6, 6.07) is 1.65. The molecule has 0 unspecified atom stereocenters. The van der Waals surface area contributed by atoms with Crippen LogP contribution in [0.25, 0.3) is 10.2 Å². The van der Waals surface area contributed by atoms with Crippen LogP contribution in [0.3, 0.4) is 0 Å². The molecule has 2 N–H and O–H groups in total. The fourth-order valence-corrected chi connectivity index (χ4v) is 2.91. The first-order chi connectivity index (χ1) is 10.6. The summed E-state index contributed by atoms with van der Waals surface area (Å²) in [5.41, 5.74) is 0. The van der Waals surface area contributed by atoms with E-state index in [1.54, 1.807) is 18.4 Å². The van der Waals surface area contributed by atoms with Crippen LogP contribution in [-0.4, -0.2) is 42.2 Å². The summed E-state index contributed by atoms with van der Waals surface area (Å²) in [7, 11) is 1.62. The maximum atomic E-state index is 12.4. The molecule has 7 heteroatoms. The van der Waals surface area contributed by atoms with Crippen LogP contribution in [0, 0.1) is 5.92 Å². The highest BCUT2D eigenvalue weighted by Crippen LogP contribution is 2.25. The molecule has 22 heavy (non-hydrogen) atoms. The van der Waals surface area contributed by atoms with Crippen LogP contribution in [0.4, 0.5) is 5.82 Å². The molecule has 0 bridgehead atoms. The van der Waals surface area contributed by atoms with E-state index >= 15 is 0 Å². The lowest BCUT2D eigenvalue weighted by Crippen LogP contribution is -2.41. The normalized spacial score (nSPS) is 12.5. The van der Waals surface area contributed by atoms with Gasteiger partial charge in [0.15, 0.2) is 0 Å². The Morgan fingerprint density at radius 2 is 2.23 bits per heavy atom. The van der Waals surface area contributed by atoms with Crippen LogP contribution in [0.15, 0.2) is 17.8 Å². The first-order valence-electron chi connectivity index (χ1n) is 7.33. The SMILES string of the molecule is COCCNC(=O)[C@H](CC(C)C)Nc1ncnc2sccc12. The molecule has 6 nitrogen and oxygen atoms in total. The van der Waals surface area contributed by atoms with E-state index in [1.807, 2.05) is 11.4 Å². The Labute approximate surface area is 134 Å². The molecule has 0 aliphatic carbocycles. The van der Waals surface area contributed by atoms with Gasteiger partial charge < -0.3 is 15.4 Å². The predicted octanol–water partition coefficient (Wildman–Crippen LogP) is 2.28. The van der Waals surface area contributed by atoms with Gasteiger partial charge in [0.25, 0.3) is 0 Å². The molecule has 0 spiro atoms. The van der Waals surface area contributed by atoms with Crippen LogP contribution in [0.2, 0.25) is 0 Å². The van der Waals surface area contributed by atoms with E-state index in [2.05, 4.69) is 34.4 Å². The molecule has 1 amide bonds. The number of nitrogens with one attached hydrogen (secondary N) is 2. The van der Waals surface area contributed by atoms with Crippen LogP contribution in [-0.2, 0) is 9.53 Å². The lowest BCUT2D eigenvalue weighted by molar-refractivity contribution is -0.122. The highest BCUT2D eigenvalue weighted by molar-refractivity contribution is 7.16. The van der Waals surface area contributed by atoms with Crippen molar-refractivity contribution in [3.05, 3.63) is 17.8 Å². The first kappa shape index (κ1) is 16.6. The average molecular weight is 322 g/mol. The Kier molecular flexibility index (Phi) is 6.09. The van der Waals surface area contributed by atoms with Crippen molar-refractivity contribution >= 4 is 33.3 Å². The third-order valence-corrected chi connectivity index (χ3v) is 4.02. The van der Waals surface area contributed by atoms with E-state index in [0.29, 0.717) is 24.9 Å². The number of hydrogen-bond donors (Lipinski definition) is 2. The number of anilines is 1. The standard InChI is InChI=1S/C15H22N4O2S/c1-10(2)8-12(14(20)16-5-6-21-3)19-13-11-4-7-22-15(11)18-9-17-13/h4,7,9-10,12H,5-6,8H2,1-3H3,(H,16,20)(H,17,18,19)/t12-/m0/s1. The van der Waals surface area contributed by atoms with Gasteiger partial charge in [-0.3, -0.25) is 4.79 Å². The van der Waals surface area contributed by atoms with E-state index in [1.165, 1.54) is 6.33 Å². The van der Waals surface area contributed by atoms with Gasteiger partial charge in [0.05, 0.1) is 12.0 Å². The molecule has 0 saturated carbocycles. The molecule has 0 aliphatic rings. The minimum absolute atomic E-state index is 0.0345. The number of fused-ring (bicyclic) bond motifs is 1. The maximum Gasteiger partial charge on any atom is 0.242 e. The van der Waals surface area contributed by atoms with Crippen molar-refractivity contribution < 1.29 is 9.53 Å². The molecule has 0 radical (unpaired) electrons. The number of hydrogen-bond acceptors (Lipinski definition) is 6. The fourth-order valence-electron chi connectivity index (χ4n) is 2.17. The second kappa shape index (κ2) is 8.05. The molecule has 0 aromatic carbocycles. The highest BCUT2D eigenvalue weighted by atomic mass is 32.1. The Bertz CT molecular complexity index is 614. The van der Waals surface area contributed by atoms with Crippen molar-refractivity contribution in [2.45, 2.75) is 26.3 Å². The summed E-state index contributed by atoms with van der Waals surface area (Å²) in [4.78, 5) is 21.8. The molecule has 0 aliphatic heterocycles. The Hall–Kier alpha value is -1.73. The van der Waals surface area contributed by atoms with Crippen LogP contribution in [0.1, 0.15) is 20.3 Å². The number of rotatable bonds is 8. The van der Waals surface area contributed by atoms with Crippen molar-refractivity contribution in [2.75, 3.05) is 25.6 Å². The van der Waals surface area contributed by atoms with Crippen LogP contribution >= 0.6 is 11.3 Å². The van der Waals surface area contributed by atoms with Gasteiger partial charge in [-0.05, 0) is 23.8 Å². The summed E-state index contributed by atoms with van der Waals surface area (Å²) >= 11 is 1.56. The van der Waals surface area contributed by atoms with E-state index < -0.39 is 0 Å². The molecule has 2 rings (SSSR count). The predicted molar refractivity (Wildman–Crippen MR) is 89.2 cm³/mol. The molecular weight excluding hydrogens is 300 g/mol. The molecule has 120 valence electrons. The number of aromatic nitrogens is 2. The average Bonchev–Trinajstić information content (AvgIpc) is 2.95. The molecule has 2 heterocycles. The number of thiophene rings is 1. The number of ether oxygens (including phenoxy) is 1. The molecule has 0 saturated heterocycles. The zero-order chi connectivity index (χ0) is 15.9. The Morgan fingerprint density at radius 3 is 2.95 bits per heavy atom. The summed E-state index contributed by atoms with van der Waals surface area (Å²) < 4.78 is 4.96. The van der Waals surface area contributed by atoms with Gasteiger partial charge >= 0.3 is 0 Å². The summed E-state index contributed by atoms with van der Waals surface area (Å²) in [6.07, 6.45) is 2.25. The van der Waals surface area contributed by atoms with Gasteiger partial charge in [-0.25, -0.2) is 9.97 Å². The van der Waals surface area contributed by atoms with Crippen LogP contribution < -0.4 is 10.6 Å². The summed E-state index contributed by atoms with van der Waals surface area (Å²) in [6.45, 7) is 5.19. The zero-order valence-electron chi connectivity index (χ0n) is 13.1. The molecule has 1 atom stereocenters. The van der Waals surface area contributed by atoms with E-state index in [9.17, 15) is 4.79 Å². The monoisotopic (exact) mass is 322 g/mol. The van der Waals surface area contributed by atoms with E-state index in [-0.39, 0.29) is 11.9 Å². The molecule has 0 fully saturated rings. The van der Waals surface area contributed by atoms with Crippen molar-refractivity contribution in [3.8, 4) is 0 Å². The smallest absolute Gasteiger partial charge is 0.242 e. The number of carbonyl (C=O) groups excluding carboxylic acids is 1. The first-order valence-corrected chi connectivity index (χ1v) is 8.21. The Balaban J connectivity index is 2.12. The minimum atomic E-state index is -0.324.